The second-order valence-corrected chi connectivity index (χ2v) is 4.90. The Morgan fingerprint density at radius 1 is 1.42 bits per heavy atom. The summed E-state index contributed by atoms with van der Waals surface area (Å²) in [7, 11) is 0. The van der Waals surface area contributed by atoms with Crippen LogP contribution in [0.3, 0.4) is 0 Å². The summed E-state index contributed by atoms with van der Waals surface area (Å²) in [6.45, 7) is -0.335. The number of carbonyl (C=O) groups excluding carboxylic acids is 1. The van der Waals surface area contributed by atoms with Crippen LogP contribution in [0.4, 0.5) is 13.2 Å². The fraction of sp³-hybridized carbons (Fsp3) is 0.455. The van der Waals surface area contributed by atoms with Crippen molar-refractivity contribution in [2.75, 3.05) is 19.8 Å². The number of carbonyl (C=O) groups is 1. The van der Waals surface area contributed by atoms with Gasteiger partial charge in [-0.05, 0) is 28.1 Å². The molecule has 0 bridgehead atoms. The molecule has 2 heterocycles. The van der Waals surface area contributed by atoms with Crippen LogP contribution in [0.25, 0.3) is 0 Å². The lowest BCUT2D eigenvalue weighted by atomic mass is 10.1. The lowest BCUT2D eigenvalue weighted by Gasteiger charge is -2.35. The highest BCUT2D eigenvalue weighted by atomic mass is 79.9. The third kappa shape index (κ3) is 3.24. The molecule has 0 aliphatic carbocycles. The van der Waals surface area contributed by atoms with Crippen LogP contribution in [0.1, 0.15) is 11.7 Å². The molecule has 2 rings (SSSR count). The molecule has 0 radical (unpaired) electrons. The minimum absolute atomic E-state index is 0.0921. The topological polar surface area (TPSA) is 42.4 Å². The Kier molecular flexibility index (Phi) is 4.10. The minimum atomic E-state index is -4.58. The normalized spacial score (nSPS) is 18.5. The highest BCUT2D eigenvalue weighted by Crippen LogP contribution is 2.37. The molecule has 19 heavy (non-hydrogen) atoms. The summed E-state index contributed by atoms with van der Waals surface area (Å²) in [5, 5.41) is 0. The average Bonchev–Trinajstić information content (AvgIpc) is 2.33. The Labute approximate surface area is 115 Å². The van der Waals surface area contributed by atoms with Gasteiger partial charge in [-0.3, -0.25) is 9.78 Å². The predicted molar refractivity (Wildman–Crippen MR) is 63.3 cm³/mol. The molecule has 1 aliphatic heterocycles. The van der Waals surface area contributed by atoms with Gasteiger partial charge in [0.25, 0.3) is 0 Å². The molecule has 8 heteroatoms. The number of alkyl halides is 3. The van der Waals surface area contributed by atoms with Gasteiger partial charge in [0.05, 0.1) is 12.3 Å². The Balaban J connectivity index is 2.35. The second-order valence-electron chi connectivity index (χ2n) is 3.99. The van der Waals surface area contributed by atoms with Gasteiger partial charge in [-0.15, -0.1) is 0 Å². The molecule has 1 aliphatic rings. The van der Waals surface area contributed by atoms with E-state index in [4.69, 9.17) is 4.74 Å². The SMILES string of the molecule is O=C1COCCN1C(c1ccc(Br)cn1)C(F)(F)F. The van der Waals surface area contributed by atoms with Crippen molar-refractivity contribution in [1.82, 2.24) is 9.88 Å². The molecule has 0 spiro atoms. The number of pyridine rings is 1. The van der Waals surface area contributed by atoms with Crippen molar-refractivity contribution in [3.05, 3.63) is 28.5 Å². The number of amides is 1. The average molecular weight is 339 g/mol. The summed E-state index contributed by atoms with van der Waals surface area (Å²) >= 11 is 3.11. The smallest absolute Gasteiger partial charge is 0.370 e. The Morgan fingerprint density at radius 2 is 2.16 bits per heavy atom. The van der Waals surface area contributed by atoms with E-state index >= 15 is 0 Å². The lowest BCUT2D eigenvalue weighted by molar-refractivity contribution is -0.200. The van der Waals surface area contributed by atoms with Gasteiger partial charge in [0.2, 0.25) is 5.91 Å². The molecule has 0 N–H and O–H groups in total. The van der Waals surface area contributed by atoms with E-state index < -0.39 is 18.1 Å². The fourth-order valence-electron chi connectivity index (χ4n) is 1.86. The second kappa shape index (κ2) is 5.46. The first-order valence-corrected chi connectivity index (χ1v) is 6.24. The van der Waals surface area contributed by atoms with Crippen molar-refractivity contribution in [1.29, 1.82) is 0 Å². The van der Waals surface area contributed by atoms with Crippen molar-refractivity contribution in [2.24, 2.45) is 0 Å². The van der Waals surface area contributed by atoms with Crippen LogP contribution in [0, 0.1) is 0 Å². The predicted octanol–water partition coefficient (Wildman–Crippen LogP) is 2.31. The molecule has 1 amide bonds. The first kappa shape index (κ1) is 14.3. The van der Waals surface area contributed by atoms with Crippen LogP contribution in [-0.4, -0.2) is 41.7 Å². The van der Waals surface area contributed by atoms with Crippen LogP contribution in [0.15, 0.2) is 22.8 Å². The Morgan fingerprint density at radius 3 is 2.68 bits per heavy atom. The molecule has 1 saturated heterocycles. The summed E-state index contributed by atoms with van der Waals surface area (Å²) < 4.78 is 45.0. The van der Waals surface area contributed by atoms with Crippen molar-refractivity contribution in [3.63, 3.8) is 0 Å². The standard InChI is InChI=1S/C11H10BrF3N2O2/c12-7-1-2-8(16-5-7)10(11(13,14)15)17-3-4-19-6-9(17)18/h1-2,5,10H,3-4,6H2. The minimum Gasteiger partial charge on any atom is -0.370 e. The van der Waals surface area contributed by atoms with E-state index in [1.54, 1.807) is 0 Å². The van der Waals surface area contributed by atoms with Gasteiger partial charge < -0.3 is 9.64 Å². The van der Waals surface area contributed by atoms with Crippen molar-refractivity contribution >= 4 is 21.8 Å². The molecule has 0 saturated carbocycles. The molecule has 1 fully saturated rings. The number of hydrogen-bond donors (Lipinski definition) is 0. The zero-order valence-corrected chi connectivity index (χ0v) is 11.2. The van der Waals surface area contributed by atoms with Gasteiger partial charge in [-0.2, -0.15) is 13.2 Å². The number of morpholine rings is 1. The van der Waals surface area contributed by atoms with Crippen molar-refractivity contribution < 1.29 is 22.7 Å². The van der Waals surface area contributed by atoms with E-state index in [-0.39, 0.29) is 25.5 Å². The molecular formula is C11H10BrF3N2O2. The van der Waals surface area contributed by atoms with Gasteiger partial charge >= 0.3 is 6.18 Å². The Bertz CT molecular complexity index is 464. The lowest BCUT2D eigenvalue weighted by Crippen LogP contribution is -2.48. The summed E-state index contributed by atoms with van der Waals surface area (Å²) in [5.41, 5.74) is -0.203. The molecule has 1 aromatic heterocycles. The molecule has 4 nitrogen and oxygen atoms in total. The maximum Gasteiger partial charge on any atom is 0.414 e. The molecule has 1 atom stereocenters. The van der Waals surface area contributed by atoms with E-state index in [2.05, 4.69) is 20.9 Å². The first-order chi connectivity index (χ1) is 8.89. The number of halogens is 4. The maximum absolute atomic E-state index is 13.2. The highest BCUT2D eigenvalue weighted by Gasteiger charge is 2.48. The van der Waals surface area contributed by atoms with Gasteiger partial charge in [0, 0.05) is 17.2 Å². The summed E-state index contributed by atoms with van der Waals surface area (Å²) in [6, 6.07) is 0.689. The van der Waals surface area contributed by atoms with E-state index in [9.17, 15) is 18.0 Å². The van der Waals surface area contributed by atoms with Gasteiger partial charge in [-0.1, -0.05) is 0 Å². The molecule has 104 valence electrons. The summed E-state index contributed by atoms with van der Waals surface area (Å²) in [6.07, 6.45) is -3.30. The van der Waals surface area contributed by atoms with Gasteiger partial charge in [0.15, 0.2) is 6.04 Å². The quantitative estimate of drug-likeness (QED) is 0.831. The molecular weight excluding hydrogens is 329 g/mol. The monoisotopic (exact) mass is 338 g/mol. The summed E-state index contributed by atoms with van der Waals surface area (Å²) in [5.74, 6) is -0.682. The zero-order chi connectivity index (χ0) is 14.0. The molecule has 0 aromatic carbocycles. The number of nitrogens with zero attached hydrogens (tertiary/aromatic N) is 2. The van der Waals surface area contributed by atoms with Crippen molar-refractivity contribution in [3.8, 4) is 0 Å². The zero-order valence-electron chi connectivity index (χ0n) is 9.65. The number of aromatic nitrogens is 1. The molecule has 1 aromatic rings. The van der Waals surface area contributed by atoms with Crippen molar-refractivity contribution in [2.45, 2.75) is 12.2 Å². The third-order valence-electron chi connectivity index (χ3n) is 2.67. The Hall–Kier alpha value is -1.15. The maximum atomic E-state index is 13.2. The fourth-order valence-corrected chi connectivity index (χ4v) is 2.09. The van der Waals surface area contributed by atoms with Gasteiger partial charge in [0.1, 0.15) is 6.61 Å². The van der Waals surface area contributed by atoms with E-state index in [1.807, 2.05) is 0 Å². The van der Waals surface area contributed by atoms with Crippen LogP contribution >= 0.6 is 15.9 Å². The van der Waals surface area contributed by atoms with Gasteiger partial charge in [-0.25, -0.2) is 0 Å². The van der Waals surface area contributed by atoms with E-state index in [0.29, 0.717) is 4.47 Å². The third-order valence-corrected chi connectivity index (χ3v) is 3.14. The highest BCUT2D eigenvalue weighted by molar-refractivity contribution is 9.10. The van der Waals surface area contributed by atoms with E-state index in [1.165, 1.54) is 18.3 Å². The molecule has 1 unspecified atom stereocenters. The van der Waals surface area contributed by atoms with E-state index in [0.717, 1.165) is 4.90 Å². The first-order valence-electron chi connectivity index (χ1n) is 5.45. The van der Waals surface area contributed by atoms with Crippen LogP contribution < -0.4 is 0 Å². The summed E-state index contributed by atoms with van der Waals surface area (Å²) in [4.78, 5) is 16.1. The largest absolute Gasteiger partial charge is 0.414 e. The van der Waals surface area contributed by atoms with Crippen LogP contribution in [0.2, 0.25) is 0 Å². The number of hydrogen-bond acceptors (Lipinski definition) is 3. The number of rotatable bonds is 2. The number of ether oxygens (including phenoxy) is 1. The van der Waals surface area contributed by atoms with Crippen LogP contribution in [0.5, 0.6) is 0 Å². The van der Waals surface area contributed by atoms with Crippen LogP contribution in [-0.2, 0) is 9.53 Å².